The number of carbonyl (C=O) groups excluding carboxylic acids is 1. The van der Waals surface area contributed by atoms with Gasteiger partial charge in [0.1, 0.15) is 0 Å². The van der Waals surface area contributed by atoms with Crippen LogP contribution in [0.5, 0.6) is 0 Å². The van der Waals surface area contributed by atoms with Gasteiger partial charge in [0.05, 0.1) is 29.9 Å². The molecule has 3 nitrogen and oxygen atoms in total. The first-order valence-corrected chi connectivity index (χ1v) is 6.17. The van der Waals surface area contributed by atoms with Gasteiger partial charge in [0.2, 0.25) is 0 Å². The zero-order valence-corrected chi connectivity index (χ0v) is 11.4. The Hall–Kier alpha value is -2.81. The van der Waals surface area contributed by atoms with E-state index in [9.17, 15) is 18.0 Å². The molecule has 2 rings (SSSR count). The van der Waals surface area contributed by atoms with Gasteiger partial charge in [-0.3, -0.25) is 0 Å². The van der Waals surface area contributed by atoms with E-state index in [1.807, 2.05) is 0 Å². The Balaban J connectivity index is 2.54. The summed E-state index contributed by atoms with van der Waals surface area (Å²) in [6.07, 6.45) is -4.52. The summed E-state index contributed by atoms with van der Waals surface area (Å²) >= 11 is 0. The van der Waals surface area contributed by atoms with E-state index in [-0.39, 0.29) is 11.1 Å². The molecule has 0 saturated carbocycles. The third-order valence-electron chi connectivity index (χ3n) is 3.06. The van der Waals surface area contributed by atoms with Gasteiger partial charge in [-0.1, -0.05) is 18.2 Å². The van der Waals surface area contributed by atoms with Crippen molar-refractivity contribution in [2.75, 3.05) is 7.11 Å². The molecule has 0 aromatic heterocycles. The summed E-state index contributed by atoms with van der Waals surface area (Å²) in [6.45, 7) is 0. The monoisotopic (exact) mass is 305 g/mol. The second kappa shape index (κ2) is 5.90. The van der Waals surface area contributed by atoms with Gasteiger partial charge in [-0.25, -0.2) is 4.79 Å². The van der Waals surface area contributed by atoms with E-state index >= 15 is 0 Å². The molecule has 112 valence electrons. The zero-order valence-electron chi connectivity index (χ0n) is 11.4. The van der Waals surface area contributed by atoms with Crippen LogP contribution in [0.4, 0.5) is 13.2 Å². The van der Waals surface area contributed by atoms with Crippen molar-refractivity contribution >= 4 is 5.97 Å². The third kappa shape index (κ3) is 3.09. The smallest absolute Gasteiger partial charge is 0.416 e. The molecule has 22 heavy (non-hydrogen) atoms. The summed E-state index contributed by atoms with van der Waals surface area (Å²) < 4.78 is 42.6. The number of halogens is 3. The van der Waals surface area contributed by atoms with E-state index < -0.39 is 17.7 Å². The molecule has 0 unspecified atom stereocenters. The van der Waals surface area contributed by atoms with E-state index in [1.165, 1.54) is 25.3 Å². The standard InChI is InChI=1S/C16H10F3NO2/c1-22-15(21)11-4-2-3-10(7-11)14-6-5-13(16(17,18)19)8-12(14)9-20/h2-8H,1H3. The van der Waals surface area contributed by atoms with Crippen LogP contribution in [0, 0.1) is 11.3 Å². The van der Waals surface area contributed by atoms with Crippen LogP contribution in [-0.4, -0.2) is 13.1 Å². The molecule has 0 spiro atoms. The normalized spacial score (nSPS) is 10.9. The summed E-state index contributed by atoms with van der Waals surface area (Å²) in [4.78, 5) is 11.5. The van der Waals surface area contributed by atoms with Gasteiger partial charge in [0.25, 0.3) is 0 Å². The predicted molar refractivity (Wildman–Crippen MR) is 72.9 cm³/mol. The highest BCUT2D eigenvalue weighted by atomic mass is 19.4. The fourth-order valence-corrected chi connectivity index (χ4v) is 2.00. The van der Waals surface area contributed by atoms with Crippen LogP contribution >= 0.6 is 0 Å². The SMILES string of the molecule is COC(=O)c1cccc(-c2ccc(C(F)(F)F)cc2C#N)c1. The Kier molecular flexibility index (Phi) is 4.18. The molecule has 0 bridgehead atoms. The lowest BCUT2D eigenvalue weighted by molar-refractivity contribution is -0.137. The van der Waals surface area contributed by atoms with Crippen molar-refractivity contribution in [1.82, 2.24) is 0 Å². The van der Waals surface area contributed by atoms with Crippen molar-refractivity contribution in [1.29, 1.82) is 5.26 Å². The fourth-order valence-electron chi connectivity index (χ4n) is 2.00. The van der Waals surface area contributed by atoms with Crippen LogP contribution in [0.3, 0.4) is 0 Å². The first-order valence-electron chi connectivity index (χ1n) is 6.17. The number of carbonyl (C=O) groups is 1. The number of rotatable bonds is 2. The number of ether oxygens (including phenoxy) is 1. The maximum absolute atomic E-state index is 12.7. The number of nitriles is 1. The fraction of sp³-hybridized carbons (Fsp3) is 0.125. The third-order valence-corrected chi connectivity index (χ3v) is 3.06. The van der Waals surface area contributed by atoms with E-state index in [0.717, 1.165) is 12.1 Å². The topological polar surface area (TPSA) is 50.1 Å². The highest BCUT2D eigenvalue weighted by Gasteiger charge is 2.31. The molecule has 2 aromatic carbocycles. The molecule has 0 amide bonds. The number of hydrogen-bond donors (Lipinski definition) is 0. The molecule has 0 aliphatic heterocycles. The Labute approximate surface area is 124 Å². The first kappa shape index (κ1) is 15.6. The number of hydrogen-bond acceptors (Lipinski definition) is 3. The summed E-state index contributed by atoms with van der Waals surface area (Å²) in [5.74, 6) is -0.563. The van der Waals surface area contributed by atoms with Crippen molar-refractivity contribution in [2.24, 2.45) is 0 Å². The van der Waals surface area contributed by atoms with Crippen LogP contribution in [0.1, 0.15) is 21.5 Å². The Bertz CT molecular complexity index is 761. The van der Waals surface area contributed by atoms with Crippen LogP contribution in [-0.2, 0) is 10.9 Å². The summed E-state index contributed by atoms with van der Waals surface area (Å²) in [6, 6.07) is 10.8. The van der Waals surface area contributed by atoms with Crippen molar-refractivity contribution in [3.05, 3.63) is 59.2 Å². The van der Waals surface area contributed by atoms with Gasteiger partial charge >= 0.3 is 12.1 Å². The average molecular weight is 305 g/mol. The van der Waals surface area contributed by atoms with Crippen molar-refractivity contribution in [3.63, 3.8) is 0 Å². The predicted octanol–water partition coefficient (Wildman–Crippen LogP) is 4.03. The molecule has 0 N–H and O–H groups in total. The zero-order chi connectivity index (χ0) is 16.3. The lowest BCUT2D eigenvalue weighted by atomic mass is 9.96. The Morgan fingerprint density at radius 2 is 1.91 bits per heavy atom. The molecule has 0 fully saturated rings. The molecule has 0 radical (unpaired) electrons. The molecule has 0 saturated heterocycles. The summed E-state index contributed by atoms with van der Waals surface area (Å²) in [7, 11) is 1.23. The van der Waals surface area contributed by atoms with Crippen LogP contribution in [0.25, 0.3) is 11.1 Å². The minimum Gasteiger partial charge on any atom is -0.465 e. The molecular weight excluding hydrogens is 295 g/mol. The lowest BCUT2D eigenvalue weighted by Gasteiger charge is -2.10. The minimum absolute atomic E-state index is 0.114. The minimum atomic E-state index is -4.52. The van der Waals surface area contributed by atoms with Gasteiger partial charge in [-0.15, -0.1) is 0 Å². The second-order valence-corrected chi connectivity index (χ2v) is 4.44. The molecule has 0 aliphatic rings. The van der Waals surface area contributed by atoms with Crippen molar-refractivity contribution in [2.45, 2.75) is 6.18 Å². The summed E-state index contributed by atoms with van der Waals surface area (Å²) in [5, 5.41) is 9.09. The van der Waals surface area contributed by atoms with Gasteiger partial charge < -0.3 is 4.74 Å². The largest absolute Gasteiger partial charge is 0.465 e. The summed E-state index contributed by atoms with van der Waals surface area (Å²) in [5.41, 5.74) is 0.0342. The van der Waals surface area contributed by atoms with Crippen molar-refractivity contribution in [3.8, 4) is 17.2 Å². The molecule has 0 aliphatic carbocycles. The molecule has 6 heteroatoms. The van der Waals surface area contributed by atoms with Crippen LogP contribution in [0.15, 0.2) is 42.5 Å². The quantitative estimate of drug-likeness (QED) is 0.787. The van der Waals surface area contributed by atoms with Gasteiger partial charge in [0.15, 0.2) is 0 Å². The Morgan fingerprint density at radius 3 is 2.50 bits per heavy atom. The van der Waals surface area contributed by atoms with E-state index in [2.05, 4.69) is 4.74 Å². The van der Waals surface area contributed by atoms with Crippen LogP contribution < -0.4 is 0 Å². The highest BCUT2D eigenvalue weighted by Crippen LogP contribution is 2.33. The van der Waals surface area contributed by atoms with E-state index in [4.69, 9.17) is 5.26 Å². The van der Waals surface area contributed by atoms with Gasteiger partial charge in [0, 0.05) is 0 Å². The van der Waals surface area contributed by atoms with Crippen LogP contribution in [0.2, 0.25) is 0 Å². The average Bonchev–Trinajstić information content (AvgIpc) is 2.52. The second-order valence-electron chi connectivity index (χ2n) is 4.44. The lowest BCUT2D eigenvalue weighted by Crippen LogP contribution is -2.05. The Morgan fingerprint density at radius 1 is 1.18 bits per heavy atom. The van der Waals surface area contributed by atoms with Gasteiger partial charge in [-0.05, 0) is 35.4 Å². The molecule has 0 heterocycles. The van der Waals surface area contributed by atoms with Gasteiger partial charge in [-0.2, -0.15) is 18.4 Å². The number of alkyl halides is 3. The maximum atomic E-state index is 12.7. The van der Waals surface area contributed by atoms with Crippen molar-refractivity contribution < 1.29 is 22.7 Å². The molecular formula is C16H10F3NO2. The number of esters is 1. The highest BCUT2D eigenvalue weighted by molar-refractivity contribution is 5.91. The molecule has 2 aromatic rings. The van der Waals surface area contributed by atoms with E-state index in [0.29, 0.717) is 11.1 Å². The number of benzene rings is 2. The number of methoxy groups -OCH3 is 1. The first-order chi connectivity index (χ1) is 10.4. The van der Waals surface area contributed by atoms with E-state index in [1.54, 1.807) is 18.2 Å². The maximum Gasteiger partial charge on any atom is 0.416 e. The molecule has 0 atom stereocenters. The number of nitrogens with zero attached hydrogens (tertiary/aromatic N) is 1.